The summed E-state index contributed by atoms with van der Waals surface area (Å²) in [7, 11) is 0. The van der Waals surface area contributed by atoms with Crippen LogP contribution in [0.15, 0.2) is 24.5 Å². The monoisotopic (exact) mass is 192 g/mol. The molecular weight excluding hydrogens is 176 g/mol. The normalized spacial score (nSPS) is 18.5. The first-order valence-electron chi connectivity index (χ1n) is 5.15. The van der Waals surface area contributed by atoms with Gasteiger partial charge < -0.3 is 9.47 Å². The molecule has 2 heterocycles. The van der Waals surface area contributed by atoms with Gasteiger partial charge in [0.2, 0.25) is 5.91 Å². The molecule has 0 aliphatic carbocycles. The van der Waals surface area contributed by atoms with Crippen LogP contribution < -0.4 is 0 Å². The van der Waals surface area contributed by atoms with Crippen LogP contribution >= 0.6 is 0 Å². The van der Waals surface area contributed by atoms with Crippen molar-refractivity contribution in [2.45, 2.75) is 25.8 Å². The van der Waals surface area contributed by atoms with Crippen LogP contribution in [0.4, 0.5) is 0 Å². The molecule has 0 bridgehead atoms. The molecule has 14 heavy (non-hydrogen) atoms. The smallest absolute Gasteiger partial charge is 0.219 e. The molecule has 1 aromatic heterocycles. The maximum absolute atomic E-state index is 11.1. The highest BCUT2D eigenvalue weighted by Crippen LogP contribution is 2.22. The fourth-order valence-electron chi connectivity index (χ4n) is 2.07. The highest BCUT2D eigenvalue weighted by Gasteiger charge is 2.20. The number of hydrogen-bond acceptors (Lipinski definition) is 1. The average molecular weight is 192 g/mol. The highest BCUT2D eigenvalue weighted by molar-refractivity contribution is 5.73. The number of hydrogen-bond donors (Lipinski definition) is 0. The number of likely N-dealkylation sites (tertiary alicyclic amines) is 1. The van der Waals surface area contributed by atoms with E-state index in [9.17, 15) is 4.79 Å². The molecule has 1 aliphatic rings. The van der Waals surface area contributed by atoms with Gasteiger partial charge in [-0.25, -0.2) is 0 Å². The van der Waals surface area contributed by atoms with Crippen LogP contribution in [-0.2, 0) is 4.79 Å². The molecule has 3 nitrogen and oxygen atoms in total. The standard InChI is InChI=1S/C11H16N2O/c1-10(14)12-8-4-11(5-9-12)13-6-2-3-7-13/h2-3,6-7,11H,4-5,8-9H2,1H3. The van der Waals surface area contributed by atoms with E-state index in [1.807, 2.05) is 4.90 Å². The van der Waals surface area contributed by atoms with Gasteiger partial charge in [-0.15, -0.1) is 0 Å². The van der Waals surface area contributed by atoms with Gasteiger partial charge in [-0.2, -0.15) is 0 Å². The van der Waals surface area contributed by atoms with E-state index in [4.69, 9.17) is 0 Å². The van der Waals surface area contributed by atoms with Gasteiger partial charge >= 0.3 is 0 Å². The van der Waals surface area contributed by atoms with Crippen molar-refractivity contribution in [2.24, 2.45) is 0 Å². The Bertz CT molecular complexity index is 297. The first-order chi connectivity index (χ1) is 6.77. The maximum Gasteiger partial charge on any atom is 0.219 e. The van der Waals surface area contributed by atoms with Gasteiger partial charge in [0.15, 0.2) is 0 Å². The SMILES string of the molecule is CC(=O)N1CCC(n2cccc2)CC1. The fourth-order valence-corrected chi connectivity index (χ4v) is 2.07. The number of aromatic nitrogens is 1. The van der Waals surface area contributed by atoms with E-state index in [0.717, 1.165) is 25.9 Å². The summed E-state index contributed by atoms with van der Waals surface area (Å²) in [6.45, 7) is 3.45. The second-order valence-electron chi connectivity index (χ2n) is 3.87. The third kappa shape index (κ3) is 1.81. The molecule has 1 fully saturated rings. The molecule has 2 rings (SSSR count). The van der Waals surface area contributed by atoms with Crippen molar-refractivity contribution in [1.29, 1.82) is 0 Å². The van der Waals surface area contributed by atoms with E-state index >= 15 is 0 Å². The molecule has 1 aliphatic heterocycles. The van der Waals surface area contributed by atoms with Crippen LogP contribution in [-0.4, -0.2) is 28.5 Å². The minimum Gasteiger partial charge on any atom is -0.351 e. The summed E-state index contributed by atoms with van der Waals surface area (Å²) in [5, 5.41) is 0. The molecule has 76 valence electrons. The number of carbonyl (C=O) groups is 1. The molecule has 0 N–H and O–H groups in total. The lowest BCUT2D eigenvalue weighted by Crippen LogP contribution is -2.37. The van der Waals surface area contributed by atoms with Crippen LogP contribution in [0.3, 0.4) is 0 Å². The lowest BCUT2D eigenvalue weighted by atomic mass is 10.1. The van der Waals surface area contributed by atoms with Crippen molar-refractivity contribution in [2.75, 3.05) is 13.1 Å². The van der Waals surface area contributed by atoms with Crippen molar-refractivity contribution in [3.8, 4) is 0 Å². The summed E-state index contributed by atoms with van der Waals surface area (Å²) in [5.41, 5.74) is 0. The minimum atomic E-state index is 0.205. The number of amides is 1. The van der Waals surface area contributed by atoms with Crippen LogP contribution in [0, 0.1) is 0 Å². The zero-order valence-corrected chi connectivity index (χ0v) is 8.52. The van der Waals surface area contributed by atoms with Crippen molar-refractivity contribution in [1.82, 2.24) is 9.47 Å². The molecule has 0 radical (unpaired) electrons. The Morgan fingerprint density at radius 3 is 2.29 bits per heavy atom. The van der Waals surface area contributed by atoms with Gasteiger partial charge in [-0.3, -0.25) is 4.79 Å². The Hall–Kier alpha value is -1.25. The van der Waals surface area contributed by atoms with Crippen molar-refractivity contribution >= 4 is 5.91 Å². The molecule has 0 spiro atoms. The largest absolute Gasteiger partial charge is 0.351 e. The van der Waals surface area contributed by atoms with E-state index in [1.54, 1.807) is 6.92 Å². The molecular formula is C11H16N2O. The maximum atomic E-state index is 11.1. The Morgan fingerprint density at radius 2 is 1.79 bits per heavy atom. The second-order valence-corrected chi connectivity index (χ2v) is 3.87. The molecule has 0 aromatic carbocycles. The molecule has 1 aromatic rings. The second kappa shape index (κ2) is 3.86. The molecule has 0 unspecified atom stereocenters. The van der Waals surface area contributed by atoms with Crippen LogP contribution in [0.5, 0.6) is 0 Å². The number of nitrogens with zero attached hydrogens (tertiary/aromatic N) is 2. The van der Waals surface area contributed by atoms with E-state index < -0.39 is 0 Å². The average Bonchev–Trinajstić information content (AvgIpc) is 2.71. The summed E-state index contributed by atoms with van der Waals surface area (Å²) in [6, 6.07) is 4.69. The Morgan fingerprint density at radius 1 is 1.21 bits per heavy atom. The number of carbonyl (C=O) groups excluding carboxylic acids is 1. The van der Waals surface area contributed by atoms with Gasteiger partial charge in [0, 0.05) is 38.4 Å². The van der Waals surface area contributed by atoms with Gasteiger partial charge in [-0.05, 0) is 25.0 Å². The number of piperidine rings is 1. The summed E-state index contributed by atoms with van der Waals surface area (Å²) in [4.78, 5) is 13.0. The van der Waals surface area contributed by atoms with Gasteiger partial charge in [0.05, 0.1) is 0 Å². The Balaban J connectivity index is 1.93. The third-order valence-corrected chi connectivity index (χ3v) is 2.96. The fraction of sp³-hybridized carbons (Fsp3) is 0.545. The lowest BCUT2D eigenvalue weighted by molar-refractivity contribution is -0.130. The summed E-state index contributed by atoms with van der Waals surface area (Å²) in [6.07, 6.45) is 6.37. The zero-order chi connectivity index (χ0) is 9.97. The summed E-state index contributed by atoms with van der Waals surface area (Å²) < 4.78 is 2.25. The summed E-state index contributed by atoms with van der Waals surface area (Å²) in [5.74, 6) is 0.205. The zero-order valence-electron chi connectivity index (χ0n) is 8.52. The Labute approximate surface area is 84.3 Å². The van der Waals surface area contributed by atoms with Crippen LogP contribution in [0.2, 0.25) is 0 Å². The minimum absolute atomic E-state index is 0.205. The highest BCUT2D eigenvalue weighted by atomic mass is 16.2. The van der Waals surface area contributed by atoms with E-state index in [2.05, 4.69) is 29.1 Å². The first kappa shape index (κ1) is 9.31. The van der Waals surface area contributed by atoms with E-state index in [-0.39, 0.29) is 5.91 Å². The van der Waals surface area contributed by atoms with Crippen molar-refractivity contribution < 1.29 is 4.79 Å². The molecule has 1 amide bonds. The molecule has 1 saturated heterocycles. The third-order valence-electron chi connectivity index (χ3n) is 2.96. The van der Waals surface area contributed by atoms with Crippen molar-refractivity contribution in [3.05, 3.63) is 24.5 Å². The van der Waals surface area contributed by atoms with Gasteiger partial charge in [0.25, 0.3) is 0 Å². The van der Waals surface area contributed by atoms with E-state index in [1.165, 1.54) is 0 Å². The van der Waals surface area contributed by atoms with Gasteiger partial charge in [0.1, 0.15) is 0 Å². The topological polar surface area (TPSA) is 25.2 Å². The quantitative estimate of drug-likeness (QED) is 0.664. The predicted molar refractivity (Wildman–Crippen MR) is 55.0 cm³/mol. The molecule has 0 saturated carbocycles. The molecule has 0 atom stereocenters. The molecule has 3 heteroatoms. The Kier molecular flexibility index (Phi) is 2.57. The first-order valence-corrected chi connectivity index (χ1v) is 5.15. The predicted octanol–water partition coefficient (Wildman–Crippen LogP) is 1.67. The van der Waals surface area contributed by atoms with Gasteiger partial charge in [-0.1, -0.05) is 0 Å². The number of rotatable bonds is 1. The van der Waals surface area contributed by atoms with E-state index in [0.29, 0.717) is 6.04 Å². The van der Waals surface area contributed by atoms with Crippen LogP contribution in [0.1, 0.15) is 25.8 Å². The summed E-state index contributed by atoms with van der Waals surface area (Å²) >= 11 is 0. The van der Waals surface area contributed by atoms with Crippen molar-refractivity contribution in [3.63, 3.8) is 0 Å². The van der Waals surface area contributed by atoms with Crippen LogP contribution in [0.25, 0.3) is 0 Å². The lowest BCUT2D eigenvalue weighted by Gasteiger charge is -2.32.